The second-order valence-corrected chi connectivity index (χ2v) is 5.81. The number of carbonyl (C=O) groups excluding carboxylic acids is 3. The standard InChI is InChI=1S/C17H14Cl2N2O5/c1-25-14-6-5-12(19)8-13(14)16(23)21-20-15(22)9-26-17(24)10-3-2-4-11(18)7-10/h2-8H,9H2,1H3,(H,20,22)(H,21,23). The van der Waals surface area contributed by atoms with Crippen molar-refractivity contribution >= 4 is 41.0 Å². The lowest BCUT2D eigenvalue weighted by atomic mass is 10.2. The van der Waals surface area contributed by atoms with Crippen molar-refractivity contribution in [1.29, 1.82) is 0 Å². The monoisotopic (exact) mass is 396 g/mol. The lowest BCUT2D eigenvalue weighted by molar-refractivity contribution is -0.125. The van der Waals surface area contributed by atoms with E-state index in [2.05, 4.69) is 10.9 Å². The summed E-state index contributed by atoms with van der Waals surface area (Å²) in [6, 6.07) is 10.6. The maximum atomic E-state index is 12.1. The normalized spacial score (nSPS) is 9.96. The van der Waals surface area contributed by atoms with Gasteiger partial charge in [0.1, 0.15) is 5.75 Å². The van der Waals surface area contributed by atoms with Gasteiger partial charge in [-0.25, -0.2) is 4.79 Å². The van der Waals surface area contributed by atoms with Crippen LogP contribution in [-0.4, -0.2) is 31.5 Å². The van der Waals surface area contributed by atoms with E-state index in [0.29, 0.717) is 10.0 Å². The molecule has 136 valence electrons. The topological polar surface area (TPSA) is 93.7 Å². The van der Waals surface area contributed by atoms with Gasteiger partial charge < -0.3 is 9.47 Å². The van der Waals surface area contributed by atoms with Crippen molar-refractivity contribution in [2.24, 2.45) is 0 Å². The molecule has 2 aromatic rings. The first-order chi connectivity index (χ1) is 12.4. The van der Waals surface area contributed by atoms with Gasteiger partial charge in [0.15, 0.2) is 6.61 Å². The van der Waals surface area contributed by atoms with Gasteiger partial charge in [0.05, 0.1) is 18.2 Å². The Morgan fingerprint density at radius 3 is 2.42 bits per heavy atom. The summed E-state index contributed by atoms with van der Waals surface area (Å²) in [6.07, 6.45) is 0. The van der Waals surface area contributed by atoms with Gasteiger partial charge in [-0.3, -0.25) is 20.4 Å². The smallest absolute Gasteiger partial charge is 0.338 e. The van der Waals surface area contributed by atoms with Crippen LogP contribution in [0.2, 0.25) is 10.0 Å². The Morgan fingerprint density at radius 2 is 1.73 bits per heavy atom. The first kappa shape index (κ1) is 19.6. The van der Waals surface area contributed by atoms with E-state index in [9.17, 15) is 14.4 Å². The second kappa shape index (κ2) is 9.07. The molecule has 0 spiro atoms. The van der Waals surface area contributed by atoms with E-state index in [1.807, 2.05) is 0 Å². The summed E-state index contributed by atoms with van der Waals surface area (Å²) in [5.74, 6) is -1.80. The van der Waals surface area contributed by atoms with E-state index in [1.165, 1.54) is 31.4 Å². The van der Waals surface area contributed by atoms with Crippen molar-refractivity contribution in [2.75, 3.05) is 13.7 Å². The van der Waals surface area contributed by atoms with Crippen LogP contribution in [0, 0.1) is 0 Å². The average Bonchev–Trinajstić information content (AvgIpc) is 2.64. The van der Waals surface area contributed by atoms with Crippen molar-refractivity contribution < 1.29 is 23.9 Å². The zero-order chi connectivity index (χ0) is 19.1. The van der Waals surface area contributed by atoms with Crippen molar-refractivity contribution in [2.45, 2.75) is 0 Å². The third kappa shape index (κ3) is 5.37. The van der Waals surface area contributed by atoms with Crippen molar-refractivity contribution in [3.63, 3.8) is 0 Å². The molecule has 0 aliphatic carbocycles. The Morgan fingerprint density at radius 1 is 1.00 bits per heavy atom. The molecular formula is C17H14Cl2N2O5. The summed E-state index contributed by atoms with van der Waals surface area (Å²) in [5, 5.41) is 0.698. The highest BCUT2D eigenvalue weighted by atomic mass is 35.5. The van der Waals surface area contributed by atoms with Crippen LogP contribution in [0.15, 0.2) is 42.5 Å². The SMILES string of the molecule is COc1ccc(Cl)cc1C(=O)NNC(=O)COC(=O)c1cccc(Cl)c1. The van der Waals surface area contributed by atoms with Gasteiger partial charge in [0.25, 0.3) is 11.8 Å². The fourth-order valence-corrected chi connectivity index (χ4v) is 2.28. The first-order valence-corrected chi connectivity index (χ1v) is 8.01. The Balaban J connectivity index is 1.86. The molecule has 0 heterocycles. The number of methoxy groups -OCH3 is 1. The number of benzene rings is 2. The predicted octanol–water partition coefficient (Wildman–Crippen LogP) is 2.62. The van der Waals surface area contributed by atoms with E-state index >= 15 is 0 Å². The van der Waals surface area contributed by atoms with Gasteiger partial charge in [0.2, 0.25) is 0 Å². The van der Waals surface area contributed by atoms with E-state index in [4.69, 9.17) is 32.7 Å². The number of carbonyl (C=O) groups is 3. The predicted molar refractivity (Wildman–Crippen MR) is 95.3 cm³/mol. The number of nitrogens with one attached hydrogen (secondary N) is 2. The highest BCUT2D eigenvalue weighted by Gasteiger charge is 2.15. The minimum absolute atomic E-state index is 0.135. The lowest BCUT2D eigenvalue weighted by Gasteiger charge is -2.11. The molecule has 0 radical (unpaired) electrons. The first-order valence-electron chi connectivity index (χ1n) is 7.26. The Hall–Kier alpha value is -2.77. The zero-order valence-corrected chi connectivity index (χ0v) is 15.1. The van der Waals surface area contributed by atoms with E-state index in [0.717, 1.165) is 0 Å². The number of esters is 1. The highest BCUT2D eigenvalue weighted by Crippen LogP contribution is 2.22. The maximum absolute atomic E-state index is 12.1. The number of hydrogen-bond donors (Lipinski definition) is 2. The minimum Gasteiger partial charge on any atom is -0.496 e. The maximum Gasteiger partial charge on any atom is 0.338 e. The summed E-state index contributed by atoms with van der Waals surface area (Å²) in [4.78, 5) is 35.6. The van der Waals surface area contributed by atoms with Crippen LogP contribution in [0.5, 0.6) is 5.75 Å². The van der Waals surface area contributed by atoms with Crippen molar-refractivity contribution in [3.8, 4) is 5.75 Å². The molecule has 26 heavy (non-hydrogen) atoms. The fourth-order valence-electron chi connectivity index (χ4n) is 1.92. The van der Waals surface area contributed by atoms with Crippen LogP contribution in [0.3, 0.4) is 0 Å². The molecular weight excluding hydrogens is 383 g/mol. The molecule has 0 bridgehead atoms. The third-order valence-electron chi connectivity index (χ3n) is 3.12. The molecule has 0 fully saturated rings. The molecule has 9 heteroatoms. The van der Waals surface area contributed by atoms with E-state index in [1.54, 1.807) is 18.2 Å². The number of hydrazine groups is 1. The van der Waals surface area contributed by atoms with Crippen molar-refractivity contribution in [1.82, 2.24) is 10.9 Å². The molecule has 2 N–H and O–H groups in total. The molecule has 2 rings (SSSR count). The number of amides is 2. The van der Waals surface area contributed by atoms with Gasteiger partial charge >= 0.3 is 5.97 Å². The summed E-state index contributed by atoms with van der Waals surface area (Å²) in [6.45, 7) is -0.585. The van der Waals surface area contributed by atoms with Gasteiger partial charge in [-0.2, -0.15) is 0 Å². The van der Waals surface area contributed by atoms with Crippen molar-refractivity contribution in [3.05, 3.63) is 63.6 Å². The summed E-state index contributed by atoms with van der Waals surface area (Å²) >= 11 is 11.6. The van der Waals surface area contributed by atoms with Gasteiger partial charge in [-0.1, -0.05) is 29.3 Å². The summed E-state index contributed by atoms with van der Waals surface area (Å²) in [5.41, 5.74) is 4.66. The Labute approximate surface area is 159 Å². The van der Waals surface area contributed by atoms with Crippen LogP contribution >= 0.6 is 23.2 Å². The van der Waals surface area contributed by atoms with Gasteiger partial charge in [-0.05, 0) is 36.4 Å². The largest absolute Gasteiger partial charge is 0.496 e. The average molecular weight is 397 g/mol. The van der Waals surface area contributed by atoms with Crippen LogP contribution in [0.1, 0.15) is 20.7 Å². The molecule has 2 aromatic carbocycles. The molecule has 7 nitrogen and oxygen atoms in total. The molecule has 0 unspecified atom stereocenters. The number of hydrogen-bond acceptors (Lipinski definition) is 5. The molecule has 0 saturated carbocycles. The second-order valence-electron chi connectivity index (χ2n) is 4.93. The molecule has 2 amide bonds. The molecule has 0 saturated heterocycles. The number of halogens is 2. The Kier molecular flexibility index (Phi) is 6.82. The summed E-state index contributed by atoms with van der Waals surface area (Å²) in [7, 11) is 1.40. The van der Waals surface area contributed by atoms with Gasteiger partial charge in [-0.15, -0.1) is 0 Å². The minimum atomic E-state index is -0.727. The molecule has 0 aromatic heterocycles. The highest BCUT2D eigenvalue weighted by molar-refractivity contribution is 6.31. The number of ether oxygens (including phenoxy) is 2. The van der Waals surface area contributed by atoms with E-state index < -0.39 is 24.4 Å². The van der Waals surface area contributed by atoms with Crippen LogP contribution in [0.4, 0.5) is 0 Å². The van der Waals surface area contributed by atoms with E-state index in [-0.39, 0.29) is 16.9 Å². The van der Waals surface area contributed by atoms with Gasteiger partial charge in [0, 0.05) is 10.0 Å². The number of rotatable bonds is 5. The molecule has 0 aliphatic rings. The molecule has 0 aliphatic heterocycles. The van der Waals surface area contributed by atoms with Crippen LogP contribution in [0.25, 0.3) is 0 Å². The van der Waals surface area contributed by atoms with Crippen LogP contribution in [-0.2, 0) is 9.53 Å². The lowest BCUT2D eigenvalue weighted by Crippen LogP contribution is -2.43. The quantitative estimate of drug-likeness (QED) is 0.598. The van der Waals surface area contributed by atoms with Crippen LogP contribution < -0.4 is 15.6 Å². The fraction of sp³-hybridized carbons (Fsp3) is 0.118. The Bertz CT molecular complexity index is 842. The molecule has 0 atom stereocenters. The zero-order valence-electron chi connectivity index (χ0n) is 13.5. The summed E-state index contributed by atoms with van der Waals surface area (Å²) < 4.78 is 9.89. The third-order valence-corrected chi connectivity index (χ3v) is 3.59.